The van der Waals surface area contributed by atoms with E-state index in [1.165, 1.54) is 11.3 Å². The third-order valence-corrected chi connectivity index (χ3v) is 5.22. The number of nitrogens with one attached hydrogen (secondary N) is 1. The van der Waals surface area contributed by atoms with Gasteiger partial charge in [-0.05, 0) is 58.7 Å². The van der Waals surface area contributed by atoms with Crippen LogP contribution in [0.15, 0.2) is 16.6 Å². The van der Waals surface area contributed by atoms with E-state index in [0.717, 1.165) is 49.8 Å². The molecule has 6 nitrogen and oxygen atoms in total. The van der Waals surface area contributed by atoms with Gasteiger partial charge in [0.15, 0.2) is 0 Å². The van der Waals surface area contributed by atoms with Crippen LogP contribution in [0.2, 0.25) is 0 Å². The molecular formula is C20H23N3O3S. The van der Waals surface area contributed by atoms with Crippen molar-refractivity contribution in [2.45, 2.75) is 41.5 Å². The minimum absolute atomic E-state index is 0.246. The molecule has 142 valence electrons. The largest absolute Gasteiger partial charge is 0.493 e. The van der Waals surface area contributed by atoms with E-state index in [1.54, 1.807) is 6.08 Å². The van der Waals surface area contributed by atoms with Crippen LogP contribution in [0.5, 0.6) is 5.75 Å². The first-order valence-corrected chi connectivity index (χ1v) is 9.59. The Kier molecular flexibility index (Phi) is 5.32. The number of nitrogens with zero attached hydrogens (tertiary/aromatic N) is 2. The van der Waals surface area contributed by atoms with Gasteiger partial charge in [-0.15, -0.1) is 10.2 Å². The summed E-state index contributed by atoms with van der Waals surface area (Å²) >= 11 is 1.34. The molecule has 0 fully saturated rings. The fraction of sp³-hybridized carbons (Fsp3) is 0.350. The summed E-state index contributed by atoms with van der Waals surface area (Å²) in [6.45, 7) is 12.2. The average Bonchev–Trinajstić information content (AvgIpc) is 3.14. The molecule has 27 heavy (non-hydrogen) atoms. The lowest BCUT2D eigenvalue weighted by molar-refractivity contribution is -0.111. The van der Waals surface area contributed by atoms with Gasteiger partial charge in [-0.1, -0.05) is 11.3 Å². The van der Waals surface area contributed by atoms with Crippen LogP contribution in [0.1, 0.15) is 41.3 Å². The Bertz CT molecular complexity index is 1050. The molecular weight excluding hydrogens is 362 g/mol. The standard InChI is InChI=1S/C20H23N3O3S/c1-7-25-18-12(4)19-16(11(3)13(5)26-19)9-15(18)10(2)8-17(24)21-20-23-22-14(6)27-20/h8-9H,7H2,1-6H3,(H,21,23,24)/b10-8+. The predicted molar refractivity (Wildman–Crippen MR) is 109 cm³/mol. The summed E-state index contributed by atoms with van der Waals surface area (Å²) < 4.78 is 11.8. The van der Waals surface area contributed by atoms with Crippen molar-refractivity contribution in [2.24, 2.45) is 0 Å². The topological polar surface area (TPSA) is 77.2 Å². The van der Waals surface area contributed by atoms with Crippen LogP contribution in [-0.2, 0) is 4.79 Å². The Hall–Kier alpha value is -2.67. The number of ether oxygens (including phenoxy) is 1. The molecule has 0 aliphatic heterocycles. The Labute approximate surface area is 162 Å². The van der Waals surface area contributed by atoms with Gasteiger partial charge in [-0.25, -0.2) is 0 Å². The summed E-state index contributed by atoms with van der Waals surface area (Å²) in [6, 6.07) is 2.04. The highest BCUT2D eigenvalue weighted by atomic mass is 32.1. The molecule has 1 N–H and O–H groups in total. The van der Waals surface area contributed by atoms with E-state index in [4.69, 9.17) is 9.15 Å². The molecule has 2 aromatic heterocycles. The molecule has 0 aliphatic rings. The molecule has 0 bridgehead atoms. The van der Waals surface area contributed by atoms with E-state index in [1.807, 2.05) is 47.6 Å². The van der Waals surface area contributed by atoms with Crippen LogP contribution in [-0.4, -0.2) is 22.7 Å². The van der Waals surface area contributed by atoms with E-state index < -0.39 is 0 Å². The minimum atomic E-state index is -0.246. The zero-order chi connectivity index (χ0) is 19.7. The summed E-state index contributed by atoms with van der Waals surface area (Å²) in [6.07, 6.45) is 1.56. The molecule has 0 radical (unpaired) electrons. The number of fused-ring (bicyclic) bond motifs is 1. The number of furan rings is 1. The lowest BCUT2D eigenvalue weighted by Crippen LogP contribution is -2.08. The van der Waals surface area contributed by atoms with E-state index in [9.17, 15) is 4.79 Å². The van der Waals surface area contributed by atoms with Crippen LogP contribution in [0.3, 0.4) is 0 Å². The van der Waals surface area contributed by atoms with Crippen LogP contribution in [0, 0.1) is 27.7 Å². The van der Waals surface area contributed by atoms with Crippen LogP contribution in [0.4, 0.5) is 5.13 Å². The highest BCUT2D eigenvalue weighted by Gasteiger charge is 2.19. The third kappa shape index (κ3) is 3.73. The fourth-order valence-corrected chi connectivity index (χ4v) is 3.59. The van der Waals surface area contributed by atoms with Crippen molar-refractivity contribution >= 4 is 38.9 Å². The number of amides is 1. The second kappa shape index (κ2) is 7.52. The monoisotopic (exact) mass is 385 g/mol. The maximum Gasteiger partial charge on any atom is 0.250 e. The second-order valence-electron chi connectivity index (χ2n) is 6.41. The van der Waals surface area contributed by atoms with Gasteiger partial charge in [0.25, 0.3) is 0 Å². The van der Waals surface area contributed by atoms with Crippen LogP contribution in [0.25, 0.3) is 16.5 Å². The summed E-state index contributed by atoms with van der Waals surface area (Å²) in [5.74, 6) is 1.38. The third-order valence-electron chi connectivity index (χ3n) is 4.46. The van der Waals surface area contributed by atoms with Gasteiger partial charge in [-0.2, -0.15) is 0 Å². The van der Waals surface area contributed by atoms with Gasteiger partial charge < -0.3 is 9.15 Å². The molecule has 3 aromatic rings. The van der Waals surface area contributed by atoms with Gasteiger partial charge in [-0.3, -0.25) is 10.1 Å². The number of aromatic nitrogens is 2. The summed E-state index contributed by atoms with van der Waals surface area (Å²) in [4.78, 5) is 12.4. The molecule has 0 saturated carbocycles. The number of carbonyl (C=O) groups excluding carboxylic acids is 1. The molecule has 0 aliphatic carbocycles. The van der Waals surface area contributed by atoms with E-state index in [2.05, 4.69) is 15.5 Å². The number of anilines is 1. The maximum atomic E-state index is 12.4. The lowest BCUT2D eigenvalue weighted by atomic mass is 9.98. The zero-order valence-electron chi connectivity index (χ0n) is 16.4. The molecule has 0 atom stereocenters. The van der Waals surface area contributed by atoms with E-state index >= 15 is 0 Å². The maximum absolute atomic E-state index is 12.4. The first-order chi connectivity index (χ1) is 12.8. The van der Waals surface area contributed by atoms with Gasteiger partial charge in [0.05, 0.1) is 6.61 Å². The van der Waals surface area contributed by atoms with Crippen molar-refractivity contribution in [3.63, 3.8) is 0 Å². The summed E-state index contributed by atoms with van der Waals surface area (Å²) in [5.41, 5.74) is 4.56. The second-order valence-corrected chi connectivity index (χ2v) is 7.60. The number of aryl methyl sites for hydroxylation is 4. The van der Waals surface area contributed by atoms with Crippen molar-refractivity contribution in [1.82, 2.24) is 10.2 Å². The van der Waals surface area contributed by atoms with Gasteiger partial charge in [0, 0.05) is 22.6 Å². The summed E-state index contributed by atoms with van der Waals surface area (Å²) in [7, 11) is 0. The van der Waals surface area contributed by atoms with Crippen molar-refractivity contribution in [3.05, 3.63) is 39.6 Å². The number of allylic oxidation sites excluding steroid dienone is 1. The van der Waals surface area contributed by atoms with Crippen molar-refractivity contribution in [3.8, 4) is 5.75 Å². The molecule has 1 amide bonds. The SMILES string of the molecule is CCOc1c(/C(C)=C/C(=O)Nc2nnc(C)s2)cc2c(C)c(C)oc2c1C. The quantitative estimate of drug-likeness (QED) is 0.628. The molecule has 0 unspecified atom stereocenters. The number of hydrogen-bond acceptors (Lipinski definition) is 6. The highest BCUT2D eigenvalue weighted by molar-refractivity contribution is 7.15. The van der Waals surface area contributed by atoms with E-state index in [0.29, 0.717) is 11.7 Å². The highest BCUT2D eigenvalue weighted by Crippen LogP contribution is 2.38. The van der Waals surface area contributed by atoms with Gasteiger partial charge >= 0.3 is 0 Å². The minimum Gasteiger partial charge on any atom is -0.493 e. The molecule has 7 heteroatoms. The van der Waals surface area contributed by atoms with Crippen molar-refractivity contribution < 1.29 is 13.9 Å². The Morgan fingerprint density at radius 2 is 2.00 bits per heavy atom. The Morgan fingerprint density at radius 1 is 1.26 bits per heavy atom. The zero-order valence-corrected chi connectivity index (χ0v) is 17.2. The molecule has 3 rings (SSSR count). The fourth-order valence-electron chi connectivity index (χ4n) is 3.00. The number of carbonyl (C=O) groups is 1. The first-order valence-electron chi connectivity index (χ1n) is 8.77. The smallest absolute Gasteiger partial charge is 0.250 e. The molecule has 0 saturated heterocycles. The molecule has 0 spiro atoms. The Balaban J connectivity index is 2.03. The normalized spacial score (nSPS) is 11.9. The molecule has 2 heterocycles. The predicted octanol–water partition coefficient (Wildman–Crippen LogP) is 4.96. The first kappa shape index (κ1) is 19.1. The number of benzene rings is 1. The van der Waals surface area contributed by atoms with Gasteiger partial charge in [0.1, 0.15) is 22.1 Å². The van der Waals surface area contributed by atoms with E-state index in [-0.39, 0.29) is 5.91 Å². The number of rotatable bonds is 5. The summed E-state index contributed by atoms with van der Waals surface area (Å²) in [5, 5.41) is 12.9. The van der Waals surface area contributed by atoms with Crippen molar-refractivity contribution in [2.75, 3.05) is 11.9 Å². The van der Waals surface area contributed by atoms with Crippen LogP contribution < -0.4 is 10.1 Å². The van der Waals surface area contributed by atoms with Crippen molar-refractivity contribution in [1.29, 1.82) is 0 Å². The van der Waals surface area contributed by atoms with Gasteiger partial charge in [0.2, 0.25) is 11.0 Å². The molecule has 1 aromatic carbocycles. The average molecular weight is 385 g/mol. The Morgan fingerprint density at radius 3 is 2.63 bits per heavy atom. The van der Waals surface area contributed by atoms with Crippen LogP contribution >= 0.6 is 11.3 Å². The number of hydrogen-bond donors (Lipinski definition) is 1. The lowest BCUT2D eigenvalue weighted by Gasteiger charge is -2.14.